The lowest BCUT2D eigenvalue weighted by molar-refractivity contribution is -0.118. The van der Waals surface area contributed by atoms with Crippen LogP contribution in [0.25, 0.3) is 11.5 Å². The molecule has 1 saturated heterocycles. The van der Waals surface area contributed by atoms with Crippen LogP contribution in [0.15, 0.2) is 35.1 Å². The predicted octanol–water partition coefficient (Wildman–Crippen LogP) is 1.05. The zero-order valence-corrected chi connectivity index (χ0v) is 11.6. The van der Waals surface area contributed by atoms with E-state index in [4.69, 9.17) is 9.15 Å². The smallest absolute Gasteiger partial charge is 0.247 e. The highest BCUT2D eigenvalue weighted by molar-refractivity contribution is 5.95. The standard InChI is InChI=1S/C14H16N4O3/c1-20-11-6-12(15-7-11)13(19)17-10-4-2-3-9(5-10)14-18-16-8-21-14/h2-5,8,11-12,15H,6-7H2,1H3,(H,17,19). The second-order valence-electron chi connectivity index (χ2n) is 4.87. The number of carbonyl (C=O) groups is 1. The summed E-state index contributed by atoms with van der Waals surface area (Å²) in [6.07, 6.45) is 2.03. The molecule has 0 radical (unpaired) electrons. The maximum Gasteiger partial charge on any atom is 0.247 e. The molecule has 1 amide bonds. The Bertz CT molecular complexity index is 614. The van der Waals surface area contributed by atoms with Crippen LogP contribution in [0.2, 0.25) is 0 Å². The maximum atomic E-state index is 12.2. The molecule has 2 heterocycles. The molecule has 2 aromatic rings. The van der Waals surface area contributed by atoms with E-state index in [-0.39, 0.29) is 18.1 Å². The molecule has 0 bridgehead atoms. The number of nitrogens with one attached hydrogen (secondary N) is 2. The third-order valence-corrected chi connectivity index (χ3v) is 3.48. The Morgan fingerprint density at radius 1 is 1.52 bits per heavy atom. The Morgan fingerprint density at radius 3 is 3.14 bits per heavy atom. The fourth-order valence-corrected chi connectivity index (χ4v) is 2.34. The first-order chi connectivity index (χ1) is 10.3. The zero-order valence-electron chi connectivity index (χ0n) is 11.6. The van der Waals surface area contributed by atoms with Crippen molar-refractivity contribution in [3.05, 3.63) is 30.7 Å². The first-order valence-corrected chi connectivity index (χ1v) is 6.70. The van der Waals surface area contributed by atoms with Crippen LogP contribution in [-0.2, 0) is 9.53 Å². The molecular weight excluding hydrogens is 272 g/mol. The third-order valence-electron chi connectivity index (χ3n) is 3.48. The third kappa shape index (κ3) is 3.09. The van der Waals surface area contributed by atoms with E-state index < -0.39 is 0 Å². The molecule has 1 aliphatic heterocycles. The maximum absolute atomic E-state index is 12.2. The zero-order chi connectivity index (χ0) is 14.7. The minimum absolute atomic E-state index is 0.0720. The summed E-state index contributed by atoms with van der Waals surface area (Å²) in [5, 5.41) is 13.5. The number of amides is 1. The van der Waals surface area contributed by atoms with Crippen molar-refractivity contribution in [2.24, 2.45) is 0 Å². The molecule has 2 N–H and O–H groups in total. The topological polar surface area (TPSA) is 89.3 Å². The van der Waals surface area contributed by atoms with Gasteiger partial charge in [0.05, 0.1) is 12.1 Å². The first kappa shape index (κ1) is 13.7. The van der Waals surface area contributed by atoms with Gasteiger partial charge in [-0.05, 0) is 24.6 Å². The molecule has 1 fully saturated rings. The summed E-state index contributed by atoms with van der Waals surface area (Å²) in [4.78, 5) is 12.2. The van der Waals surface area contributed by atoms with Crippen molar-refractivity contribution in [2.75, 3.05) is 19.0 Å². The molecule has 21 heavy (non-hydrogen) atoms. The lowest BCUT2D eigenvalue weighted by Gasteiger charge is -2.11. The van der Waals surface area contributed by atoms with Gasteiger partial charge in [-0.15, -0.1) is 10.2 Å². The second kappa shape index (κ2) is 6.02. The van der Waals surface area contributed by atoms with Gasteiger partial charge in [-0.3, -0.25) is 4.79 Å². The van der Waals surface area contributed by atoms with Crippen LogP contribution in [0, 0.1) is 0 Å². The second-order valence-corrected chi connectivity index (χ2v) is 4.87. The molecule has 0 aliphatic carbocycles. The summed E-state index contributed by atoms with van der Waals surface area (Å²) in [7, 11) is 1.65. The number of benzene rings is 1. The lowest BCUT2D eigenvalue weighted by Crippen LogP contribution is -2.35. The number of methoxy groups -OCH3 is 1. The number of hydrogen-bond donors (Lipinski definition) is 2. The minimum atomic E-state index is -0.234. The van der Waals surface area contributed by atoms with E-state index >= 15 is 0 Å². The largest absolute Gasteiger partial charge is 0.423 e. The van der Waals surface area contributed by atoms with Crippen LogP contribution in [0.5, 0.6) is 0 Å². The number of ether oxygens (including phenoxy) is 1. The van der Waals surface area contributed by atoms with Gasteiger partial charge in [0.25, 0.3) is 0 Å². The Balaban J connectivity index is 1.68. The van der Waals surface area contributed by atoms with Crippen LogP contribution in [-0.4, -0.2) is 41.9 Å². The lowest BCUT2D eigenvalue weighted by atomic mass is 10.1. The Hall–Kier alpha value is -2.25. The summed E-state index contributed by atoms with van der Waals surface area (Å²) in [6.45, 7) is 0.691. The van der Waals surface area contributed by atoms with Gasteiger partial charge < -0.3 is 19.8 Å². The van der Waals surface area contributed by atoms with Gasteiger partial charge in [0, 0.05) is 24.9 Å². The first-order valence-electron chi connectivity index (χ1n) is 6.70. The highest BCUT2D eigenvalue weighted by Gasteiger charge is 2.29. The van der Waals surface area contributed by atoms with E-state index in [2.05, 4.69) is 20.8 Å². The van der Waals surface area contributed by atoms with Crippen molar-refractivity contribution in [3.63, 3.8) is 0 Å². The van der Waals surface area contributed by atoms with Gasteiger partial charge in [0.2, 0.25) is 18.2 Å². The van der Waals surface area contributed by atoms with Crippen LogP contribution in [0.1, 0.15) is 6.42 Å². The monoisotopic (exact) mass is 288 g/mol. The van der Waals surface area contributed by atoms with Gasteiger partial charge in [-0.25, -0.2) is 0 Å². The number of carbonyl (C=O) groups excluding carboxylic acids is 1. The van der Waals surface area contributed by atoms with Crippen LogP contribution < -0.4 is 10.6 Å². The van der Waals surface area contributed by atoms with Crippen molar-refractivity contribution < 1.29 is 13.9 Å². The van der Waals surface area contributed by atoms with E-state index in [9.17, 15) is 4.79 Å². The van der Waals surface area contributed by atoms with E-state index in [1.54, 1.807) is 13.2 Å². The molecule has 2 unspecified atom stereocenters. The molecule has 1 aliphatic rings. The highest BCUT2D eigenvalue weighted by atomic mass is 16.5. The normalized spacial score (nSPS) is 21.4. The van der Waals surface area contributed by atoms with Crippen molar-refractivity contribution >= 4 is 11.6 Å². The van der Waals surface area contributed by atoms with Crippen molar-refractivity contribution in [1.82, 2.24) is 15.5 Å². The Morgan fingerprint density at radius 2 is 2.43 bits per heavy atom. The average Bonchev–Trinajstić information content (AvgIpc) is 3.19. The van der Waals surface area contributed by atoms with Crippen molar-refractivity contribution in [3.8, 4) is 11.5 Å². The van der Waals surface area contributed by atoms with Crippen LogP contribution >= 0.6 is 0 Å². The fourth-order valence-electron chi connectivity index (χ4n) is 2.34. The Labute approximate surface area is 121 Å². The van der Waals surface area contributed by atoms with E-state index in [0.29, 0.717) is 24.5 Å². The molecule has 7 nitrogen and oxygen atoms in total. The predicted molar refractivity (Wildman–Crippen MR) is 75.6 cm³/mol. The van der Waals surface area contributed by atoms with E-state index in [0.717, 1.165) is 5.56 Å². The van der Waals surface area contributed by atoms with Gasteiger partial charge in [0.15, 0.2) is 0 Å². The SMILES string of the molecule is COC1CNC(C(=O)Nc2cccc(-c3nnco3)c2)C1. The van der Waals surface area contributed by atoms with Crippen molar-refractivity contribution in [1.29, 1.82) is 0 Å². The molecule has 7 heteroatoms. The molecular formula is C14H16N4O3. The Kier molecular flexibility index (Phi) is 3.94. The quantitative estimate of drug-likeness (QED) is 0.874. The summed E-state index contributed by atoms with van der Waals surface area (Å²) in [6, 6.07) is 7.06. The number of nitrogens with zero attached hydrogens (tertiary/aromatic N) is 2. The van der Waals surface area contributed by atoms with Crippen molar-refractivity contribution in [2.45, 2.75) is 18.6 Å². The fraction of sp³-hybridized carbons (Fsp3) is 0.357. The summed E-state index contributed by atoms with van der Waals surface area (Å²) in [5.41, 5.74) is 1.46. The highest BCUT2D eigenvalue weighted by Crippen LogP contribution is 2.21. The van der Waals surface area contributed by atoms with E-state index in [1.807, 2.05) is 18.2 Å². The summed E-state index contributed by atoms with van der Waals surface area (Å²) in [5.74, 6) is 0.349. The number of aromatic nitrogens is 2. The molecule has 0 spiro atoms. The van der Waals surface area contributed by atoms with Gasteiger partial charge in [-0.2, -0.15) is 0 Å². The van der Waals surface area contributed by atoms with Gasteiger partial charge in [0.1, 0.15) is 0 Å². The number of hydrogen-bond acceptors (Lipinski definition) is 6. The molecule has 3 rings (SSSR count). The molecule has 1 aromatic heterocycles. The number of rotatable bonds is 4. The van der Waals surface area contributed by atoms with Crippen LogP contribution in [0.4, 0.5) is 5.69 Å². The molecule has 2 atom stereocenters. The average molecular weight is 288 g/mol. The summed E-state index contributed by atoms with van der Waals surface area (Å²) < 4.78 is 10.4. The van der Waals surface area contributed by atoms with E-state index in [1.165, 1.54) is 6.39 Å². The van der Waals surface area contributed by atoms with Gasteiger partial charge in [-0.1, -0.05) is 6.07 Å². The molecule has 1 aromatic carbocycles. The minimum Gasteiger partial charge on any atom is -0.423 e. The number of anilines is 1. The van der Waals surface area contributed by atoms with Crippen LogP contribution in [0.3, 0.4) is 0 Å². The molecule has 110 valence electrons. The summed E-state index contributed by atoms with van der Waals surface area (Å²) >= 11 is 0. The molecule has 0 saturated carbocycles. The van der Waals surface area contributed by atoms with Gasteiger partial charge >= 0.3 is 0 Å².